The highest BCUT2D eigenvalue weighted by molar-refractivity contribution is 5.73. The van der Waals surface area contributed by atoms with Crippen LogP contribution in [0.15, 0.2) is 0 Å². The zero-order chi connectivity index (χ0) is 41.8. The van der Waals surface area contributed by atoms with E-state index in [1.54, 1.807) is 0 Å². The average Bonchev–Trinajstić information content (AvgIpc) is 3.09. The van der Waals surface area contributed by atoms with Gasteiger partial charge in [-0.3, -0.25) is 38.7 Å². The third-order valence-electron chi connectivity index (χ3n) is 7.50. The Balaban J connectivity index is -0.000000374. The Morgan fingerprint density at radius 3 is 0.667 bits per heavy atom. The second-order valence-electron chi connectivity index (χ2n) is 13.0. The van der Waals surface area contributed by atoms with Crippen LogP contribution in [0.25, 0.3) is 0 Å². The topological polar surface area (TPSA) is 232 Å². The van der Waals surface area contributed by atoms with E-state index >= 15 is 0 Å². The lowest BCUT2D eigenvalue weighted by atomic mass is 10.3. The molecule has 0 radical (unpaired) electrons. The fraction of sp³-hybridized carbons (Fsp3) is 0.868. The second kappa shape index (κ2) is 46.3. The van der Waals surface area contributed by atoms with Crippen LogP contribution in [0.2, 0.25) is 0 Å². The average molecular weight is 781 g/mol. The van der Waals surface area contributed by atoms with E-state index in [4.69, 9.17) is 25.5 Å². The fourth-order valence-corrected chi connectivity index (χ4v) is 4.41. The van der Waals surface area contributed by atoms with E-state index < -0.39 is 62.6 Å². The molecular weight excluding hydrogens is 700 g/mol. The molecular formula is C38H80N6O10. The molecule has 0 unspecified atom stereocenters. The molecule has 0 bridgehead atoms. The van der Waals surface area contributed by atoms with E-state index in [2.05, 4.69) is 57.5 Å². The molecule has 8 N–H and O–H groups in total. The highest BCUT2D eigenvalue weighted by Crippen LogP contribution is 1.97. The largest absolute Gasteiger partial charge is 0.480 e. The number of nitrogens with one attached hydrogen (secondary N) is 3. The van der Waals surface area contributed by atoms with E-state index in [-0.39, 0.29) is 26.2 Å². The Labute approximate surface area is 326 Å². The summed E-state index contributed by atoms with van der Waals surface area (Å²) in [7, 11) is 0. The van der Waals surface area contributed by atoms with Crippen LogP contribution in [0, 0.1) is 0 Å². The highest BCUT2D eigenvalue weighted by Gasteiger charge is 2.19. The zero-order valence-electron chi connectivity index (χ0n) is 34.7. The second-order valence-corrected chi connectivity index (χ2v) is 13.0. The van der Waals surface area contributed by atoms with Crippen LogP contribution < -0.4 is 16.0 Å². The number of carbonyl (C=O) groups is 5. The predicted molar refractivity (Wildman–Crippen MR) is 216 cm³/mol. The molecule has 0 atom stereocenters. The van der Waals surface area contributed by atoms with Crippen LogP contribution in [0.5, 0.6) is 0 Å². The molecule has 0 aromatic rings. The number of unbranched alkanes of at least 4 members (excludes halogenated alkanes) is 6. The maximum absolute atomic E-state index is 11.0. The molecule has 0 aromatic heterocycles. The van der Waals surface area contributed by atoms with Gasteiger partial charge in [-0.25, -0.2) is 0 Å². The van der Waals surface area contributed by atoms with Gasteiger partial charge in [-0.05, 0) is 77.8 Å². The first-order valence-corrected chi connectivity index (χ1v) is 20.1. The quantitative estimate of drug-likeness (QED) is 0.0434. The molecule has 0 rings (SSSR count). The van der Waals surface area contributed by atoms with Crippen LogP contribution in [0.4, 0.5) is 0 Å². The van der Waals surface area contributed by atoms with Crippen LogP contribution in [-0.2, 0) is 24.0 Å². The van der Waals surface area contributed by atoms with Crippen molar-refractivity contribution in [3.8, 4) is 0 Å². The highest BCUT2D eigenvalue weighted by atomic mass is 16.4. The van der Waals surface area contributed by atoms with Crippen molar-refractivity contribution in [2.24, 2.45) is 0 Å². The summed E-state index contributed by atoms with van der Waals surface area (Å²) in [5, 5.41) is 54.3. The van der Waals surface area contributed by atoms with E-state index in [1.807, 2.05) is 0 Å². The first-order valence-electron chi connectivity index (χ1n) is 20.1. The Morgan fingerprint density at radius 2 is 0.500 bits per heavy atom. The smallest absolute Gasteiger partial charge is 0.317 e. The van der Waals surface area contributed by atoms with Gasteiger partial charge in [-0.1, -0.05) is 80.1 Å². The van der Waals surface area contributed by atoms with Gasteiger partial charge in [0.15, 0.2) is 0 Å². The van der Waals surface area contributed by atoms with E-state index in [9.17, 15) is 24.0 Å². The third kappa shape index (κ3) is 55.9. The molecule has 0 heterocycles. The molecule has 0 fully saturated rings. The normalized spacial score (nSPS) is 10.5. The number of carboxylic acid groups (broad SMARTS) is 5. The van der Waals surface area contributed by atoms with Gasteiger partial charge in [0.05, 0.1) is 32.7 Å². The van der Waals surface area contributed by atoms with Crippen LogP contribution in [0.1, 0.15) is 119 Å². The Hall–Kier alpha value is -2.89. The molecule has 54 heavy (non-hydrogen) atoms. The van der Waals surface area contributed by atoms with Crippen molar-refractivity contribution in [3.63, 3.8) is 0 Å². The Morgan fingerprint density at radius 1 is 0.333 bits per heavy atom. The number of nitrogens with zero attached hydrogens (tertiary/aromatic N) is 3. The summed E-state index contributed by atoms with van der Waals surface area (Å²) in [6.07, 6.45) is 15.8. The minimum absolute atomic E-state index is 0.000836. The number of aliphatic carboxylic acids is 5. The van der Waals surface area contributed by atoms with Gasteiger partial charge < -0.3 is 41.5 Å². The maximum atomic E-state index is 11.0. The monoisotopic (exact) mass is 781 g/mol. The van der Waals surface area contributed by atoms with Crippen molar-refractivity contribution in [1.29, 1.82) is 0 Å². The first kappa shape index (κ1) is 57.8. The summed E-state index contributed by atoms with van der Waals surface area (Å²) < 4.78 is 0. The third-order valence-corrected chi connectivity index (χ3v) is 7.50. The van der Waals surface area contributed by atoms with Gasteiger partial charge in [0.2, 0.25) is 0 Å². The van der Waals surface area contributed by atoms with Crippen LogP contribution >= 0.6 is 0 Å². The van der Waals surface area contributed by atoms with E-state index in [0.717, 1.165) is 9.80 Å². The molecule has 0 aliphatic heterocycles. The summed E-state index contributed by atoms with van der Waals surface area (Å²) >= 11 is 0. The van der Waals surface area contributed by atoms with Crippen LogP contribution in [0.3, 0.4) is 0 Å². The standard InChI is InChI=1S/C14H23N3O10.3C8H19N/c18-10(19)5-15(1-3-16(6-11(20)21)7-12(22)23)2-4-17(8-13(24)25)9-14(26)27;3*1-3-5-7-9-8-6-4-2/h1-9H2,(H,18,19)(H,20,21)(H,22,23)(H,24,25)(H,26,27);3*9H,3-8H2,1-2H3. The minimum Gasteiger partial charge on any atom is -0.480 e. The predicted octanol–water partition coefficient (Wildman–Crippen LogP) is 3.84. The molecule has 0 saturated carbocycles. The summed E-state index contributed by atoms with van der Waals surface area (Å²) in [5.74, 6) is -6.16. The van der Waals surface area contributed by atoms with Crippen molar-refractivity contribution in [2.45, 2.75) is 119 Å². The van der Waals surface area contributed by atoms with Gasteiger partial charge in [0.25, 0.3) is 0 Å². The SMILES string of the molecule is CCCCNCCCC.CCCCNCCCC.CCCCNCCCC.O=C(O)CN(CCN(CC(=O)O)CC(=O)O)CCN(CC(=O)O)CC(=O)O. The van der Waals surface area contributed by atoms with Gasteiger partial charge in [0, 0.05) is 26.2 Å². The van der Waals surface area contributed by atoms with E-state index in [1.165, 1.54) is 121 Å². The van der Waals surface area contributed by atoms with Gasteiger partial charge in [-0.15, -0.1) is 0 Å². The molecule has 16 nitrogen and oxygen atoms in total. The lowest BCUT2D eigenvalue weighted by Crippen LogP contribution is -2.45. The van der Waals surface area contributed by atoms with Crippen molar-refractivity contribution in [2.75, 3.05) is 98.2 Å². The summed E-state index contributed by atoms with van der Waals surface area (Å²) in [5.41, 5.74) is 0. The van der Waals surface area contributed by atoms with Crippen molar-refractivity contribution in [1.82, 2.24) is 30.7 Å². The minimum atomic E-state index is -1.24. The number of rotatable bonds is 34. The van der Waals surface area contributed by atoms with Gasteiger partial charge in [0.1, 0.15) is 0 Å². The molecule has 0 aliphatic carbocycles. The fourth-order valence-electron chi connectivity index (χ4n) is 4.41. The lowest BCUT2D eigenvalue weighted by molar-refractivity contribution is -0.143. The van der Waals surface area contributed by atoms with Crippen molar-refractivity contribution < 1.29 is 49.5 Å². The number of carboxylic acids is 5. The molecule has 0 aromatic carbocycles. The first-order chi connectivity index (χ1) is 25.7. The molecule has 322 valence electrons. The molecule has 0 spiro atoms. The Bertz CT molecular complexity index is 762. The maximum Gasteiger partial charge on any atom is 0.317 e. The molecule has 16 heteroatoms. The van der Waals surface area contributed by atoms with E-state index in [0.29, 0.717) is 0 Å². The Kier molecular flexibility index (Phi) is 49.5. The summed E-state index contributed by atoms with van der Waals surface area (Å²) in [4.78, 5) is 57.6. The molecule has 0 amide bonds. The zero-order valence-corrected chi connectivity index (χ0v) is 34.7. The van der Waals surface area contributed by atoms with Gasteiger partial charge in [-0.2, -0.15) is 0 Å². The van der Waals surface area contributed by atoms with Crippen LogP contribution in [-0.4, -0.2) is 168 Å². The molecule has 0 aliphatic rings. The lowest BCUT2D eigenvalue weighted by Gasteiger charge is -2.27. The van der Waals surface area contributed by atoms with Crippen molar-refractivity contribution >= 4 is 29.8 Å². The van der Waals surface area contributed by atoms with Gasteiger partial charge >= 0.3 is 29.8 Å². The summed E-state index contributed by atoms with van der Waals surface area (Å²) in [6, 6.07) is 0. The van der Waals surface area contributed by atoms with Crippen molar-refractivity contribution in [3.05, 3.63) is 0 Å². The number of hydrogen-bond donors (Lipinski definition) is 8. The summed E-state index contributed by atoms with van der Waals surface area (Å²) in [6.45, 7) is 17.8. The molecule has 0 saturated heterocycles. The number of hydrogen-bond acceptors (Lipinski definition) is 11.